The quantitative estimate of drug-likeness (QED) is 0.533. The Kier molecular flexibility index (Phi) is 4.52. The molecule has 0 spiro atoms. The molecule has 1 amide bonds. The van der Waals surface area contributed by atoms with E-state index in [0.29, 0.717) is 22.4 Å². The first-order valence-corrected chi connectivity index (χ1v) is 8.69. The molecule has 4 rings (SSSR count). The van der Waals surface area contributed by atoms with Crippen molar-refractivity contribution in [3.63, 3.8) is 0 Å². The van der Waals surface area contributed by atoms with Gasteiger partial charge in [-0.2, -0.15) is 5.10 Å². The number of nitrogens with zero attached hydrogens (tertiary/aromatic N) is 3. The van der Waals surface area contributed by atoms with Gasteiger partial charge in [-0.05, 0) is 43.3 Å². The highest BCUT2D eigenvalue weighted by Gasteiger charge is 2.20. The first kappa shape index (κ1) is 18.1. The molecule has 0 aliphatic heterocycles. The molecule has 1 N–H and O–H groups in total. The fourth-order valence-electron chi connectivity index (χ4n) is 2.88. The van der Waals surface area contributed by atoms with Gasteiger partial charge in [-0.3, -0.25) is 4.79 Å². The number of aromatic nitrogens is 3. The number of fused-ring (bicyclic) bond motifs is 1. The minimum atomic E-state index is -0.585. The Morgan fingerprint density at radius 3 is 2.54 bits per heavy atom. The summed E-state index contributed by atoms with van der Waals surface area (Å²) in [4.78, 5) is 16.9. The number of halogens is 3. The Morgan fingerprint density at radius 1 is 1.11 bits per heavy atom. The van der Waals surface area contributed by atoms with Gasteiger partial charge < -0.3 is 5.32 Å². The molecule has 0 saturated heterocycles. The van der Waals surface area contributed by atoms with E-state index in [1.54, 1.807) is 25.1 Å². The number of nitrogens with one attached hydrogen (secondary N) is 1. The molecule has 0 unspecified atom stereocenters. The summed E-state index contributed by atoms with van der Waals surface area (Å²) in [6.07, 6.45) is 1.31. The van der Waals surface area contributed by atoms with Crippen molar-refractivity contribution in [3.05, 3.63) is 82.6 Å². The van der Waals surface area contributed by atoms with Crippen LogP contribution in [-0.4, -0.2) is 20.7 Å². The van der Waals surface area contributed by atoms with E-state index in [2.05, 4.69) is 15.4 Å². The van der Waals surface area contributed by atoms with Gasteiger partial charge in [-0.25, -0.2) is 18.4 Å². The van der Waals surface area contributed by atoms with E-state index in [1.165, 1.54) is 41.2 Å². The molecule has 0 bridgehead atoms. The summed E-state index contributed by atoms with van der Waals surface area (Å²) in [7, 11) is 0. The molecule has 8 heteroatoms. The molecule has 28 heavy (non-hydrogen) atoms. The summed E-state index contributed by atoms with van der Waals surface area (Å²) in [5.74, 6) is -1.50. The van der Waals surface area contributed by atoms with Crippen LogP contribution in [-0.2, 0) is 0 Å². The minimum absolute atomic E-state index is 0.0439. The van der Waals surface area contributed by atoms with Crippen LogP contribution in [0.5, 0.6) is 0 Å². The monoisotopic (exact) mass is 398 g/mol. The zero-order chi connectivity index (χ0) is 19.8. The molecule has 140 valence electrons. The van der Waals surface area contributed by atoms with Crippen molar-refractivity contribution in [2.45, 2.75) is 6.92 Å². The van der Waals surface area contributed by atoms with E-state index < -0.39 is 11.7 Å². The molecular weight excluding hydrogens is 386 g/mol. The van der Waals surface area contributed by atoms with E-state index in [0.717, 1.165) is 0 Å². The lowest BCUT2D eigenvalue weighted by atomic mass is 10.2. The van der Waals surface area contributed by atoms with Crippen molar-refractivity contribution in [2.75, 3.05) is 5.32 Å². The average Bonchev–Trinajstić information content (AvgIpc) is 3.02. The number of benzene rings is 2. The summed E-state index contributed by atoms with van der Waals surface area (Å²) >= 11 is 6.47. The average molecular weight is 399 g/mol. The van der Waals surface area contributed by atoms with Crippen molar-refractivity contribution in [2.24, 2.45) is 0 Å². The van der Waals surface area contributed by atoms with Crippen molar-refractivity contribution >= 4 is 34.2 Å². The maximum absolute atomic E-state index is 13.8. The van der Waals surface area contributed by atoms with E-state index >= 15 is 0 Å². The van der Waals surface area contributed by atoms with E-state index in [9.17, 15) is 13.6 Å². The van der Waals surface area contributed by atoms with E-state index in [1.807, 2.05) is 0 Å². The van der Waals surface area contributed by atoms with Crippen LogP contribution in [0.1, 0.15) is 16.1 Å². The first-order chi connectivity index (χ1) is 13.5. The van der Waals surface area contributed by atoms with Crippen molar-refractivity contribution in [3.8, 4) is 5.69 Å². The fourth-order valence-corrected chi connectivity index (χ4v) is 3.24. The van der Waals surface area contributed by atoms with Gasteiger partial charge in [-0.1, -0.05) is 23.7 Å². The largest absolute Gasteiger partial charge is 0.319 e. The Hall–Kier alpha value is -3.32. The summed E-state index contributed by atoms with van der Waals surface area (Å²) in [6, 6.07) is 11.6. The molecule has 0 radical (unpaired) electrons. The number of amides is 1. The number of aryl methyl sites for hydroxylation is 1. The zero-order valence-electron chi connectivity index (χ0n) is 14.6. The summed E-state index contributed by atoms with van der Waals surface area (Å²) < 4.78 is 28.5. The highest BCUT2D eigenvalue weighted by atomic mass is 35.5. The molecular formula is C20H13ClF2N4O. The standard InChI is InChI=1S/C20H13ClF2N4O/c1-11-17-18(21)14(20(28)25-16-5-3-2-4-15(16)23)10-24-19(17)27(26-11)13-8-6-12(22)7-9-13/h2-10H,1H3,(H,25,28). The predicted molar refractivity (Wildman–Crippen MR) is 103 cm³/mol. The van der Waals surface area contributed by atoms with Crippen LogP contribution in [0.4, 0.5) is 14.5 Å². The number of hydrogen-bond donors (Lipinski definition) is 1. The number of carbonyl (C=O) groups is 1. The van der Waals surface area contributed by atoms with Gasteiger partial charge in [0.05, 0.1) is 33.0 Å². The van der Waals surface area contributed by atoms with Crippen molar-refractivity contribution in [1.29, 1.82) is 0 Å². The highest BCUT2D eigenvalue weighted by molar-refractivity contribution is 6.39. The van der Waals surface area contributed by atoms with Crippen LogP contribution in [0.2, 0.25) is 5.02 Å². The third-order valence-corrected chi connectivity index (χ3v) is 4.64. The Morgan fingerprint density at radius 2 is 1.82 bits per heavy atom. The van der Waals surface area contributed by atoms with Crippen molar-refractivity contribution in [1.82, 2.24) is 14.8 Å². The van der Waals surface area contributed by atoms with Crippen LogP contribution < -0.4 is 5.32 Å². The topological polar surface area (TPSA) is 59.8 Å². The third-order valence-electron chi connectivity index (χ3n) is 4.25. The van der Waals surface area contributed by atoms with Gasteiger partial charge in [-0.15, -0.1) is 0 Å². The third kappa shape index (κ3) is 3.10. The van der Waals surface area contributed by atoms with Gasteiger partial charge in [0.25, 0.3) is 5.91 Å². The molecule has 2 aromatic carbocycles. The molecule has 0 aliphatic rings. The maximum atomic E-state index is 13.8. The highest BCUT2D eigenvalue weighted by Crippen LogP contribution is 2.30. The number of para-hydroxylation sites is 1. The molecule has 0 atom stereocenters. The first-order valence-electron chi connectivity index (χ1n) is 8.31. The summed E-state index contributed by atoms with van der Waals surface area (Å²) in [5.41, 5.74) is 1.72. The van der Waals surface area contributed by atoms with Gasteiger partial charge in [0.1, 0.15) is 11.6 Å². The molecule has 2 heterocycles. The predicted octanol–water partition coefficient (Wildman–Crippen LogP) is 4.91. The van der Waals surface area contributed by atoms with Crippen molar-refractivity contribution < 1.29 is 13.6 Å². The van der Waals surface area contributed by atoms with Crippen LogP contribution in [0.25, 0.3) is 16.7 Å². The zero-order valence-corrected chi connectivity index (χ0v) is 15.3. The number of carbonyl (C=O) groups excluding carboxylic acids is 1. The number of anilines is 1. The summed E-state index contributed by atoms with van der Waals surface area (Å²) in [6.45, 7) is 1.73. The second-order valence-electron chi connectivity index (χ2n) is 6.09. The molecule has 5 nitrogen and oxygen atoms in total. The van der Waals surface area contributed by atoms with Gasteiger partial charge >= 0.3 is 0 Å². The van der Waals surface area contributed by atoms with Crippen LogP contribution in [0.3, 0.4) is 0 Å². The smallest absolute Gasteiger partial charge is 0.258 e. The lowest BCUT2D eigenvalue weighted by Gasteiger charge is -2.08. The van der Waals surface area contributed by atoms with Crippen LogP contribution in [0.15, 0.2) is 54.7 Å². The Balaban J connectivity index is 1.77. The second kappa shape index (κ2) is 7.01. The van der Waals surface area contributed by atoms with E-state index in [4.69, 9.17) is 11.6 Å². The summed E-state index contributed by atoms with van der Waals surface area (Å²) in [5, 5.41) is 7.54. The Labute approximate surface area is 163 Å². The van der Waals surface area contributed by atoms with Crippen LogP contribution in [0, 0.1) is 18.6 Å². The SMILES string of the molecule is Cc1nn(-c2ccc(F)cc2)c2ncc(C(=O)Nc3ccccc3F)c(Cl)c12. The normalized spacial score (nSPS) is 11.0. The van der Waals surface area contributed by atoms with Gasteiger partial charge in [0.2, 0.25) is 0 Å². The maximum Gasteiger partial charge on any atom is 0.258 e. The van der Waals surface area contributed by atoms with Gasteiger partial charge in [0, 0.05) is 6.20 Å². The molecule has 0 fully saturated rings. The molecule has 2 aromatic heterocycles. The van der Waals surface area contributed by atoms with Crippen LogP contribution >= 0.6 is 11.6 Å². The molecule has 4 aromatic rings. The lowest BCUT2D eigenvalue weighted by molar-refractivity contribution is 0.102. The number of rotatable bonds is 3. The fraction of sp³-hybridized carbons (Fsp3) is 0.0500. The number of hydrogen-bond acceptors (Lipinski definition) is 3. The molecule has 0 aliphatic carbocycles. The minimum Gasteiger partial charge on any atom is -0.319 e. The van der Waals surface area contributed by atoms with Gasteiger partial charge in [0.15, 0.2) is 5.65 Å². The molecule has 0 saturated carbocycles. The lowest BCUT2D eigenvalue weighted by Crippen LogP contribution is -2.14. The second-order valence-corrected chi connectivity index (χ2v) is 6.47. The Bertz CT molecular complexity index is 1210. The number of pyridine rings is 1. The van der Waals surface area contributed by atoms with E-state index in [-0.39, 0.29) is 22.1 Å².